The zero-order chi connectivity index (χ0) is 16.1. The maximum absolute atomic E-state index is 13.0. The van der Waals surface area contributed by atoms with E-state index in [0.717, 1.165) is 41.6 Å². The highest BCUT2D eigenvalue weighted by Crippen LogP contribution is 2.21. The molecule has 0 N–H and O–H groups in total. The van der Waals surface area contributed by atoms with E-state index in [1.54, 1.807) is 0 Å². The Balaban J connectivity index is 2.17. The molecule has 0 unspecified atom stereocenters. The smallest absolute Gasteiger partial charge is 0.197 e. The molecule has 0 aliphatic carbocycles. The molecule has 0 saturated heterocycles. The van der Waals surface area contributed by atoms with Gasteiger partial charge in [-0.3, -0.25) is 4.79 Å². The molecule has 116 valence electrons. The average Bonchev–Trinajstić information content (AvgIpc) is 2.62. The van der Waals surface area contributed by atoms with Crippen LogP contribution in [0.3, 0.4) is 0 Å². The molecule has 3 aromatic rings. The summed E-state index contributed by atoms with van der Waals surface area (Å²) in [5, 5.41) is 0. The highest BCUT2D eigenvalue weighted by Gasteiger charge is 2.11. The van der Waals surface area contributed by atoms with Gasteiger partial charge in [0, 0.05) is 30.1 Å². The summed E-state index contributed by atoms with van der Waals surface area (Å²) in [7, 11) is 0. The number of rotatable bonds is 5. The van der Waals surface area contributed by atoms with Crippen molar-refractivity contribution < 1.29 is 0 Å². The second kappa shape index (κ2) is 7.10. The van der Waals surface area contributed by atoms with Crippen LogP contribution >= 0.6 is 0 Å². The molecule has 0 amide bonds. The van der Waals surface area contributed by atoms with Gasteiger partial charge in [-0.2, -0.15) is 0 Å². The molecule has 1 heterocycles. The second-order valence-corrected chi connectivity index (χ2v) is 5.74. The van der Waals surface area contributed by atoms with Crippen LogP contribution in [0.1, 0.15) is 19.8 Å². The number of pyridine rings is 1. The zero-order valence-electron chi connectivity index (χ0n) is 13.4. The van der Waals surface area contributed by atoms with Gasteiger partial charge in [0.05, 0.1) is 0 Å². The molecule has 2 heteroatoms. The van der Waals surface area contributed by atoms with Gasteiger partial charge in [0.2, 0.25) is 0 Å². The zero-order valence-corrected chi connectivity index (χ0v) is 13.4. The van der Waals surface area contributed by atoms with Gasteiger partial charge in [-0.1, -0.05) is 74.0 Å². The molecular formula is C21H21NO. The molecule has 0 radical (unpaired) electrons. The Labute approximate surface area is 137 Å². The number of unbranched alkanes of at least 4 members (excludes halogenated alkanes) is 1. The van der Waals surface area contributed by atoms with Crippen LogP contribution in [0.5, 0.6) is 0 Å². The molecule has 0 fully saturated rings. The number of aromatic nitrogens is 1. The van der Waals surface area contributed by atoms with Crippen LogP contribution < -0.4 is 5.43 Å². The summed E-state index contributed by atoms with van der Waals surface area (Å²) in [4.78, 5) is 13.0. The number of benzene rings is 2. The van der Waals surface area contributed by atoms with Gasteiger partial charge in [0.25, 0.3) is 0 Å². The Morgan fingerprint density at radius 3 is 1.70 bits per heavy atom. The summed E-state index contributed by atoms with van der Waals surface area (Å²) in [6.07, 6.45) is 6.21. The van der Waals surface area contributed by atoms with Crippen molar-refractivity contribution in [2.75, 3.05) is 0 Å². The Morgan fingerprint density at radius 1 is 0.783 bits per heavy atom. The van der Waals surface area contributed by atoms with Crippen molar-refractivity contribution in [2.24, 2.45) is 0 Å². The molecule has 0 aliphatic rings. The van der Waals surface area contributed by atoms with Crippen LogP contribution in [0.2, 0.25) is 0 Å². The Kier molecular flexibility index (Phi) is 4.72. The van der Waals surface area contributed by atoms with Crippen LogP contribution in [-0.4, -0.2) is 4.57 Å². The monoisotopic (exact) mass is 303 g/mol. The molecule has 23 heavy (non-hydrogen) atoms. The van der Waals surface area contributed by atoms with E-state index in [-0.39, 0.29) is 5.43 Å². The van der Waals surface area contributed by atoms with Crippen molar-refractivity contribution in [3.8, 4) is 22.3 Å². The van der Waals surface area contributed by atoms with Gasteiger partial charge in [-0.25, -0.2) is 0 Å². The van der Waals surface area contributed by atoms with Crippen LogP contribution in [0, 0.1) is 0 Å². The van der Waals surface area contributed by atoms with E-state index in [0.29, 0.717) is 0 Å². The Hall–Kier alpha value is -2.61. The quantitative estimate of drug-likeness (QED) is 0.651. The average molecular weight is 303 g/mol. The minimum Gasteiger partial charge on any atom is -0.353 e. The van der Waals surface area contributed by atoms with Crippen molar-refractivity contribution in [2.45, 2.75) is 26.3 Å². The lowest BCUT2D eigenvalue weighted by Crippen LogP contribution is -2.13. The number of aryl methyl sites for hydroxylation is 1. The van der Waals surface area contributed by atoms with Gasteiger partial charge >= 0.3 is 0 Å². The summed E-state index contributed by atoms with van der Waals surface area (Å²) in [5.41, 5.74) is 3.57. The predicted molar refractivity (Wildman–Crippen MR) is 96.5 cm³/mol. The maximum atomic E-state index is 13.0. The Morgan fingerprint density at radius 2 is 1.26 bits per heavy atom. The molecule has 0 aliphatic heterocycles. The van der Waals surface area contributed by atoms with Crippen LogP contribution in [0.15, 0.2) is 77.9 Å². The lowest BCUT2D eigenvalue weighted by Gasteiger charge is -2.12. The SMILES string of the molecule is CCCCn1cc(-c2ccccc2)c(=O)c(-c2ccccc2)c1. The van der Waals surface area contributed by atoms with E-state index in [9.17, 15) is 4.79 Å². The molecule has 0 saturated carbocycles. The standard InChI is InChI=1S/C21H21NO/c1-2-3-14-22-15-19(17-10-6-4-7-11-17)21(23)20(16-22)18-12-8-5-9-13-18/h4-13,15-16H,2-3,14H2,1H3. The molecule has 0 spiro atoms. The van der Waals surface area contributed by atoms with E-state index in [1.807, 2.05) is 73.1 Å². The molecule has 2 aromatic carbocycles. The van der Waals surface area contributed by atoms with E-state index in [4.69, 9.17) is 0 Å². The first-order chi connectivity index (χ1) is 11.3. The third-order valence-electron chi connectivity index (χ3n) is 4.02. The summed E-state index contributed by atoms with van der Waals surface area (Å²) >= 11 is 0. The van der Waals surface area contributed by atoms with Crippen molar-refractivity contribution in [1.29, 1.82) is 0 Å². The molecular weight excluding hydrogens is 282 g/mol. The lowest BCUT2D eigenvalue weighted by atomic mass is 10.0. The first-order valence-corrected chi connectivity index (χ1v) is 8.14. The number of hydrogen-bond acceptors (Lipinski definition) is 1. The largest absolute Gasteiger partial charge is 0.353 e. The lowest BCUT2D eigenvalue weighted by molar-refractivity contribution is 0.629. The fourth-order valence-corrected chi connectivity index (χ4v) is 2.75. The van der Waals surface area contributed by atoms with E-state index in [2.05, 4.69) is 11.5 Å². The van der Waals surface area contributed by atoms with Crippen molar-refractivity contribution in [3.05, 3.63) is 83.3 Å². The summed E-state index contributed by atoms with van der Waals surface area (Å²) in [6, 6.07) is 19.8. The van der Waals surface area contributed by atoms with Crippen LogP contribution in [-0.2, 0) is 6.54 Å². The molecule has 0 bridgehead atoms. The number of hydrogen-bond donors (Lipinski definition) is 0. The fourth-order valence-electron chi connectivity index (χ4n) is 2.75. The van der Waals surface area contributed by atoms with Crippen molar-refractivity contribution in [1.82, 2.24) is 4.57 Å². The minimum absolute atomic E-state index is 0.0927. The third-order valence-corrected chi connectivity index (χ3v) is 4.02. The van der Waals surface area contributed by atoms with Crippen LogP contribution in [0.4, 0.5) is 0 Å². The predicted octanol–water partition coefficient (Wildman–Crippen LogP) is 4.98. The van der Waals surface area contributed by atoms with E-state index >= 15 is 0 Å². The highest BCUT2D eigenvalue weighted by molar-refractivity contribution is 5.71. The summed E-state index contributed by atoms with van der Waals surface area (Å²) in [6.45, 7) is 3.11. The normalized spacial score (nSPS) is 10.7. The van der Waals surface area contributed by atoms with Crippen LogP contribution in [0.25, 0.3) is 22.3 Å². The van der Waals surface area contributed by atoms with E-state index < -0.39 is 0 Å². The first kappa shape index (κ1) is 15.3. The summed E-state index contributed by atoms with van der Waals surface area (Å²) < 4.78 is 2.15. The first-order valence-electron chi connectivity index (χ1n) is 8.14. The van der Waals surface area contributed by atoms with Crippen molar-refractivity contribution in [3.63, 3.8) is 0 Å². The molecule has 1 aromatic heterocycles. The second-order valence-electron chi connectivity index (χ2n) is 5.74. The van der Waals surface area contributed by atoms with Gasteiger partial charge < -0.3 is 4.57 Å². The molecule has 0 atom stereocenters. The topological polar surface area (TPSA) is 22.0 Å². The molecule has 2 nitrogen and oxygen atoms in total. The van der Waals surface area contributed by atoms with E-state index in [1.165, 1.54) is 0 Å². The Bertz CT molecular complexity index is 756. The highest BCUT2D eigenvalue weighted by atomic mass is 16.1. The third kappa shape index (κ3) is 3.42. The van der Waals surface area contributed by atoms with Gasteiger partial charge in [0.1, 0.15) is 0 Å². The number of nitrogens with zero attached hydrogens (tertiary/aromatic N) is 1. The van der Waals surface area contributed by atoms with Crippen molar-refractivity contribution >= 4 is 0 Å². The van der Waals surface area contributed by atoms with Gasteiger partial charge in [-0.15, -0.1) is 0 Å². The summed E-state index contributed by atoms with van der Waals surface area (Å²) in [5.74, 6) is 0. The minimum atomic E-state index is 0.0927. The molecule has 3 rings (SSSR count). The van der Waals surface area contributed by atoms with Gasteiger partial charge in [0.15, 0.2) is 5.43 Å². The van der Waals surface area contributed by atoms with Gasteiger partial charge in [-0.05, 0) is 17.5 Å². The maximum Gasteiger partial charge on any atom is 0.197 e. The fraction of sp³-hybridized carbons (Fsp3) is 0.190.